The summed E-state index contributed by atoms with van der Waals surface area (Å²) >= 11 is 0. The number of benzene rings is 1. The highest BCUT2D eigenvalue weighted by atomic mass is 32.2. The van der Waals surface area contributed by atoms with Crippen molar-refractivity contribution in [2.24, 2.45) is 0 Å². The van der Waals surface area contributed by atoms with Crippen molar-refractivity contribution in [3.63, 3.8) is 0 Å². The second kappa shape index (κ2) is 5.66. The van der Waals surface area contributed by atoms with E-state index in [2.05, 4.69) is 4.98 Å². The van der Waals surface area contributed by atoms with Gasteiger partial charge in [0.2, 0.25) is 15.9 Å². The molecule has 0 atom stereocenters. The average Bonchev–Trinajstić information content (AvgIpc) is 2.54. The minimum atomic E-state index is -3.57. The van der Waals surface area contributed by atoms with Crippen LogP contribution in [0.25, 0.3) is 10.9 Å². The van der Waals surface area contributed by atoms with Gasteiger partial charge in [-0.25, -0.2) is 8.42 Å². The molecule has 0 aliphatic carbocycles. The van der Waals surface area contributed by atoms with Crippen LogP contribution in [0.2, 0.25) is 0 Å². The summed E-state index contributed by atoms with van der Waals surface area (Å²) in [5, 5.41) is 0.797. The van der Waals surface area contributed by atoms with Gasteiger partial charge in [0, 0.05) is 44.7 Å². The number of nitrogens with zero attached hydrogens (tertiary/aromatic N) is 3. The van der Waals surface area contributed by atoms with Crippen molar-refractivity contribution < 1.29 is 13.2 Å². The summed E-state index contributed by atoms with van der Waals surface area (Å²) in [5.74, 6) is -0.0237. The Labute approximate surface area is 129 Å². The number of piperazine rings is 1. The molecule has 1 fully saturated rings. The third-order valence-electron chi connectivity index (χ3n) is 3.89. The van der Waals surface area contributed by atoms with E-state index in [-0.39, 0.29) is 10.8 Å². The molecule has 7 heteroatoms. The molecule has 1 saturated heterocycles. The number of carbonyl (C=O) groups excluding carboxylic acids is 1. The maximum Gasteiger partial charge on any atom is 0.244 e. The number of amides is 1. The number of aromatic nitrogens is 1. The van der Waals surface area contributed by atoms with Crippen molar-refractivity contribution in [1.29, 1.82) is 0 Å². The van der Waals surface area contributed by atoms with Crippen LogP contribution in [0, 0.1) is 0 Å². The fourth-order valence-electron chi connectivity index (χ4n) is 2.58. The first kappa shape index (κ1) is 14.9. The third-order valence-corrected chi connectivity index (χ3v) is 5.75. The van der Waals surface area contributed by atoms with E-state index in [0.717, 1.165) is 10.9 Å². The molecule has 116 valence electrons. The zero-order valence-electron chi connectivity index (χ0n) is 12.3. The molecule has 0 spiro atoms. The van der Waals surface area contributed by atoms with Gasteiger partial charge in [-0.1, -0.05) is 18.2 Å². The lowest BCUT2D eigenvalue weighted by molar-refractivity contribution is -0.129. The smallest absolute Gasteiger partial charge is 0.244 e. The Kier molecular flexibility index (Phi) is 3.84. The van der Waals surface area contributed by atoms with Crippen LogP contribution < -0.4 is 0 Å². The highest BCUT2D eigenvalue weighted by Gasteiger charge is 2.29. The van der Waals surface area contributed by atoms with E-state index in [1.54, 1.807) is 11.0 Å². The van der Waals surface area contributed by atoms with Crippen LogP contribution in [-0.2, 0) is 14.8 Å². The van der Waals surface area contributed by atoms with Crippen molar-refractivity contribution in [2.75, 3.05) is 26.2 Å². The van der Waals surface area contributed by atoms with Gasteiger partial charge in [0.1, 0.15) is 4.90 Å². The van der Waals surface area contributed by atoms with Crippen molar-refractivity contribution in [3.8, 4) is 0 Å². The molecule has 1 aliphatic rings. The Hall–Kier alpha value is -1.99. The molecule has 0 saturated carbocycles. The van der Waals surface area contributed by atoms with Crippen LogP contribution >= 0.6 is 0 Å². The monoisotopic (exact) mass is 319 g/mol. The lowest BCUT2D eigenvalue weighted by Gasteiger charge is -2.33. The molecule has 1 amide bonds. The molecule has 1 aromatic heterocycles. The van der Waals surface area contributed by atoms with Gasteiger partial charge < -0.3 is 4.90 Å². The van der Waals surface area contributed by atoms with E-state index in [4.69, 9.17) is 0 Å². The molecule has 22 heavy (non-hydrogen) atoms. The quantitative estimate of drug-likeness (QED) is 0.831. The summed E-state index contributed by atoms with van der Waals surface area (Å²) in [4.78, 5) is 17.4. The highest BCUT2D eigenvalue weighted by Crippen LogP contribution is 2.21. The molecule has 2 aromatic rings. The Bertz CT molecular complexity index is 812. The molecule has 3 rings (SSSR count). The number of fused-ring (bicyclic) bond motifs is 1. The number of rotatable bonds is 2. The zero-order chi connectivity index (χ0) is 15.7. The Balaban J connectivity index is 1.87. The summed E-state index contributed by atoms with van der Waals surface area (Å²) in [6.45, 7) is 2.98. The second-order valence-corrected chi connectivity index (χ2v) is 7.21. The third kappa shape index (κ3) is 2.69. The van der Waals surface area contributed by atoms with Gasteiger partial charge >= 0.3 is 0 Å². The molecule has 1 aromatic carbocycles. The SMILES string of the molecule is CC(=O)N1CCN(S(=O)(=O)c2cnc3ccccc3c2)CC1. The van der Waals surface area contributed by atoms with E-state index in [0.29, 0.717) is 26.2 Å². The molecule has 2 heterocycles. The number of hydrogen-bond acceptors (Lipinski definition) is 4. The molecular weight excluding hydrogens is 302 g/mol. The summed E-state index contributed by atoms with van der Waals surface area (Å²) in [7, 11) is -3.57. The predicted octanol–water partition coefficient (Wildman–Crippen LogP) is 1.09. The van der Waals surface area contributed by atoms with E-state index in [9.17, 15) is 13.2 Å². The molecule has 0 N–H and O–H groups in total. The van der Waals surface area contributed by atoms with E-state index < -0.39 is 10.0 Å². The first-order chi connectivity index (χ1) is 10.5. The van der Waals surface area contributed by atoms with Crippen LogP contribution in [-0.4, -0.2) is 54.7 Å². The van der Waals surface area contributed by atoms with Gasteiger partial charge in [-0.2, -0.15) is 4.31 Å². The average molecular weight is 319 g/mol. The largest absolute Gasteiger partial charge is 0.340 e. The van der Waals surface area contributed by atoms with Gasteiger partial charge in [-0.05, 0) is 12.1 Å². The van der Waals surface area contributed by atoms with E-state index in [1.165, 1.54) is 17.4 Å². The van der Waals surface area contributed by atoms with Gasteiger partial charge in [0.25, 0.3) is 0 Å². The van der Waals surface area contributed by atoms with Gasteiger partial charge in [-0.3, -0.25) is 9.78 Å². The highest BCUT2D eigenvalue weighted by molar-refractivity contribution is 7.89. The van der Waals surface area contributed by atoms with Crippen molar-refractivity contribution >= 4 is 26.8 Å². The van der Waals surface area contributed by atoms with Crippen LogP contribution in [0.1, 0.15) is 6.92 Å². The fraction of sp³-hybridized carbons (Fsp3) is 0.333. The zero-order valence-corrected chi connectivity index (χ0v) is 13.1. The first-order valence-electron chi connectivity index (χ1n) is 7.09. The standard InChI is InChI=1S/C15H17N3O3S/c1-12(19)17-6-8-18(9-7-17)22(20,21)14-10-13-4-2-3-5-15(13)16-11-14/h2-5,10-11H,6-9H2,1H3. The predicted molar refractivity (Wildman–Crippen MR) is 82.8 cm³/mol. The lowest BCUT2D eigenvalue weighted by atomic mass is 10.2. The number of sulfonamides is 1. The second-order valence-electron chi connectivity index (χ2n) is 5.27. The fourth-order valence-corrected chi connectivity index (χ4v) is 3.99. The van der Waals surface area contributed by atoms with Crippen molar-refractivity contribution in [2.45, 2.75) is 11.8 Å². The number of carbonyl (C=O) groups is 1. The first-order valence-corrected chi connectivity index (χ1v) is 8.53. The molecule has 0 bridgehead atoms. The normalized spacial score (nSPS) is 16.9. The molecule has 6 nitrogen and oxygen atoms in total. The van der Waals surface area contributed by atoms with Crippen LogP contribution in [0.4, 0.5) is 0 Å². The maximum absolute atomic E-state index is 12.7. The van der Waals surface area contributed by atoms with Crippen LogP contribution in [0.5, 0.6) is 0 Å². The molecule has 0 unspecified atom stereocenters. The minimum Gasteiger partial charge on any atom is -0.340 e. The van der Waals surface area contributed by atoms with Crippen LogP contribution in [0.15, 0.2) is 41.4 Å². The van der Waals surface area contributed by atoms with Crippen molar-refractivity contribution in [3.05, 3.63) is 36.5 Å². The van der Waals surface area contributed by atoms with Gasteiger partial charge in [-0.15, -0.1) is 0 Å². The Morgan fingerprint density at radius 2 is 1.82 bits per heavy atom. The maximum atomic E-state index is 12.7. The van der Waals surface area contributed by atoms with E-state index >= 15 is 0 Å². The molecule has 1 aliphatic heterocycles. The van der Waals surface area contributed by atoms with Gasteiger partial charge in [0.05, 0.1) is 5.52 Å². The molecular formula is C15H17N3O3S. The lowest BCUT2D eigenvalue weighted by Crippen LogP contribution is -2.49. The number of para-hydroxylation sites is 1. The van der Waals surface area contributed by atoms with Crippen molar-refractivity contribution in [1.82, 2.24) is 14.2 Å². The summed E-state index contributed by atoms with van der Waals surface area (Å²) in [6, 6.07) is 9.05. The topological polar surface area (TPSA) is 70.6 Å². The molecule has 0 radical (unpaired) electrons. The Morgan fingerprint density at radius 3 is 2.50 bits per heavy atom. The minimum absolute atomic E-state index is 0.0237. The number of pyridine rings is 1. The Morgan fingerprint density at radius 1 is 1.14 bits per heavy atom. The summed E-state index contributed by atoms with van der Waals surface area (Å²) in [6.07, 6.45) is 1.40. The number of hydrogen-bond donors (Lipinski definition) is 0. The summed E-state index contributed by atoms with van der Waals surface area (Å²) in [5.41, 5.74) is 0.767. The van der Waals surface area contributed by atoms with Gasteiger partial charge in [0.15, 0.2) is 0 Å². The van der Waals surface area contributed by atoms with E-state index in [1.807, 2.05) is 24.3 Å². The summed E-state index contributed by atoms with van der Waals surface area (Å²) < 4.78 is 26.8. The van der Waals surface area contributed by atoms with Crippen LogP contribution in [0.3, 0.4) is 0 Å².